The fourth-order valence-electron chi connectivity index (χ4n) is 3.46. The largest absolute Gasteiger partial charge is 0.378 e. The Morgan fingerprint density at radius 3 is 2.43 bits per heavy atom. The Morgan fingerprint density at radius 2 is 1.71 bits per heavy atom. The Morgan fingerprint density at radius 1 is 1.00 bits per heavy atom. The first kappa shape index (κ1) is 13.6. The summed E-state index contributed by atoms with van der Waals surface area (Å²) in [6.07, 6.45) is 3.98. The number of morpholine rings is 1. The molecule has 2 saturated heterocycles. The maximum Gasteiger partial charge on any atom is 0.228 e. The van der Waals surface area contributed by atoms with Gasteiger partial charge in [0.2, 0.25) is 5.95 Å². The molecular formula is C15H21ClN4O. The minimum atomic E-state index is 0.538. The predicted molar refractivity (Wildman–Crippen MR) is 83.1 cm³/mol. The smallest absolute Gasteiger partial charge is 0.228 e. The summed E-state index contributed by atoms with van der Waals surface area (Å²) in [4.78, 5) is 13.8. The lowest BCUT2D eigenvalue weighted by Gasteiger charge is -2.29. The fraction of sp³-hybridized carbons (Fsp3) is 0.733. The van der Waals surface area contributed by atoms with Crippen LogP contribution in [0.25, 0.3) is 0 Å². The summed E-state index contributed by atoms with van der Waals surface area (Å²) < 4.78 is 5.40. The second-order valence-corrected chi connectivity index (χ2v) is 6.66. The Balaban J connectivity index is 1.55. The average Bonchev–Trinajstić information content (AvgIpc) is 3.26. The molecule has 6 heteroatoms. The van der Waals surface area contributed by atoms with E-state index in [1.807, 2.05) is 6.07 Å². The molecule has 3 heterocycles. The SMILES string of the molecule is Clc1cc(N2CCOCC2)nc(N2CCC3CC3CC2)n1. The van der Waals surface area contributed by atoms with Crippen molar-refractivity contribution in [1.29, 1.82) is 0 Å². The van der Waals surface area contributed by atoms with Gasteiger partial charge in [-0.3, -0.25) is 0 Å². The number of nitrogens with zero attached hydrogens (tertiary/aromatic N) is 4. The lowest BCUT2D eigenvalue weighted by atomic mass is 10.2. The summed E-state index contributed by atoms with van der Waals surface area (Å²) in [5, 5.41) is 0.538. The maximum atomic E-state index is 6.23. The summed E-state index contributed by atoms with van der Waals surface area (Å²) in [5.41, 5.74) is 0. The third-order valence-electron chi connectivity index (χ3n) is 4.90. The number of fused-ring (bicyclic) bond motifs is 1. The highest BCUT2D eigenvalue weighted by Gasteiger charge is 2.39. The first-order valence-electron chi connectivity index (χ1n) is 7.92. The zero-order chi connectivity index (χ0) is 14.2. The second kappa shape index (κ2) is 5.61. The molecule has 0 amide bonds. The van der Waals surface area contributed by atoms with Gasteiger partial charge in [0.05, 0.1) is 13.2 Å². The van der Waals surface area contributed by atoms with Gasteiger partial charge in [-0.05, 0) is 31.1 Å². The van der Waals surface area contributed by atoms with Crippen LogP contribution in [0.15, 0.2) is 6.07 Å². The quantitative estimate of drug-likeness (QED) is 0.784. The van der Waals surface area contributed by atoms with Crippen molar-refractivity contribution in [2.45, 2.75) is 19.3 Å². The van der Waals surface area contributed by atoms with Crippen molar-refractivity contribution in [3.05, 3.63) is 11.2 Å². The summed E-state index contributed by atoms with van der Waals surface area (Å²) in [7, 11) is 0. The van der Waals surface area contributed by atoms with Gasteiger partial charge >= 0.3 is 0 Å². The van der Waals surface area contributed by atoms with Crippen molar-refractivity contribution in [3.8, 4) is 0 Å². The van der Waals surface area contributed by atoms with E-state index in [1.165, 1.54) is 19.3 Å². The molecule has 3 fully saturated rings. The molecule has 2 unspecified atom stereocenters. The molecule has 114 valence electrons. The van der Waals surface area contributed by atoms with Crippen LogP contribution < -0.4 is 9.80 Å². The lowest BCUT2D eigenvalue weighted by Crippen LogP contribution is -2.37. The van der Waals surface area contributed by atoms with E-state index in [-0.39, 0.29) is 0 Å². The van der Waals surface area contributed by atoms with Gasteiger partial charge in [0.1, 0.15) is 11.0 Å². The number of halogens is 1. The first-order chi connectivity index (χ1) is 10.3. The molecule has 0 bridgehead atoms. The summed E-state index contributed by atoms with van der Waals surface area (Å²) in [6, 6.07) is 1.87. The van der Waals surface area contributed by atoms with Crippen LogP contribution >= 0.6 is 11.6 Å². The molecule has 1 saturated carbocycles. The molecule has 1 aromatic rings. The average molecular weight is 309 g/mol. The molecule has 21 heavy (non-hydrogen) atoms. The Labute approximate surface area is 130 Å². The van der Waals surface area contributed by atoms with E-state index in [9.17, 15) is 0 Å². The number of hydrogen-bond donors (Lipinski definition) is 0. The number of aromatic nitrogens is 2. The van der Waals surface area contributed by atoms with E-state index in [2.05, 4.69) is 14.8 Å². The van der Waals surface area contributed by atoms with E-state index in [0.29, 0.717) is 5.15 Å². The lowest BCUT2D eigenvalue weighted by molar-refractivity contribution is 0.122. The topological polar surface area (TPSA) is 41.5 Å². The van der Waals surface area contributed by atoms with Crippen LogP contribution in [-0.4, -0.2) is 49.4 Å². The van der Waals surface area contributed by atoms with E-state index < -0.39 is 0 Å². The van der Waals surface area contributed by atoms with Crippen molar-refractivity contribution in [2.75, 3.05) is 49.2 Å². The Hall–Kier alpha value is -1.07. The van der Waals surface area contributed by atoms with Crippen molar-refractivity contribution < 1.29 is 4.74 Å². The van der Waals surface area contributed by atoms with E-state index in [1.54, 1.807) is 0 Å². The molecule has 2 aliphatic heterocycles. The van der Waals surface area contributed by atoms with Crippen LogP contribution in [0, 0.1) is 11.8 Å². The summed E-state index contributed by atoms with van der Waals surface area (Å²) in [6.45, 7) is 5.37. The second-order valence-electron chi connectivity index (χ2n) is 6.27. The molecule has 2 atom stereocenters. The molecule has 1 aliphatic carbocycles. The van der Waals surface area contributed by atoms with E-state index in [0.717, 1.165) is 63.0 Å². The van der Waals surface area contributed by atoms with Gasteiger partial charge in [0, 0.05) is 32.2 Å². The first-order valence-corrected chi connectivity index (χ1v) is 8.29. The zero-order valence-corrected chi connectivity index (χ0v) is 12.9. The normalized spacial score (nSPS) is 29.0. The zero-order valence-electron chi connectivity index (χ0n) is 12.2. The highest BCUT2D eigenvalue weighted by Crippen LogP contribution is 2.45. The van der Waals surface area contributed by atoms with Crippen LogP contribution in [0.3, 0.4) is 0 Å². The predicted octanol–water partition coefficient (Wildman–Crippen LogP) is 2.20. The van der Waals surface area contributed by atoms with Crippen molar-refractivity contribution in [1.82, 2.24) is 9.97 Å². The number of rotatable bonds is 2. The third kappa shape index (κ3) is 2.94. The molecule has 0 radical (unpaired) electrons. The van der Waals surface area contributed by atoms with Crippen LogP contribution in [0.4, 0.5) is 11.8 Å². The molecule has 3 aliphatic rings. The summed E-state index contributed by atoms with van der Waals surface area (Å²) >= 11 is 6.23. The van der Waals surface area contributed by atoms with Crippen molar-refractivity contribution >= 4 is 23.4 Å². The van der Waals surface area contributed by atoms with Gasteiger partial charge in [-0.2, -0.15) is 4.98 Å². The number of hydrogen-bond acceptors (Lipinski definition) is 5. The Bertz CT molecular complexity index is 508. The highest BCUT2D eigenvalue weighted by molar-refractivity contribution is 6.29. The minimum absolute atomic E-state index is 0.538. The van der Waals surface area contributed by atoms with E-state index >= 15 is 0 Å². The van der Waals surface area contributed by atoms with Crippen LogP contribution in [0.1, 0.15) is 19.3 Å². The molecule has 1 aromatic heterocycles. The van der Waals surface area contributed by atoms with Crippen molar-refractivity contribution in [3.63, 3.8) is 0 Å². The van der Waals surface area contributed by atoms with Gasteiger partial charge in [-0.1, -0.05) is 11.6 Å². The third-order valence-corrected chi connectivity index (χ3v) is 5.09. The molecule has 0 N–H and O–H groups in total. The Kier molecular flexibility index (Phi) is 3.63. The van der Waals surface area contributed by atoms with Gasteiger partial charge in [-0.15, -0.1) is 0 Å². The number of ether oxygens (including phenoxy) is 1. The van der Waals surface area contributed by atoms with Crippen LogP contribution in [-0.2, 0) is 4.74 Å². The fourth-order valence-corrected chi connectivity index (χ4v) is 3.64. The molecule has 0 spiro atoms. The molecule has 4 rings (SSSR count). The van der Waals surface area contributed by atoms with Gasteiger partial charge in [-0.25, -0.2) is 4.98 Å². The van der Waals surface area contributed by atoms with Crippen LogP contribution in [0.5, 0.6) is 0 Å². The highest BCUT2D eigenvalue weighted by atomic mass is 35.5. The molecule has 5 nitrogen and oxygen atoms in total. The van der Waals surface area contributed by atoms with Gasteiger partial charge < -0.3 is 14.5 Å². The van der Waals surface area contributed by atoms with E-state index in [4.69, 9.17) is 21.3 Å². The number of anilines is 2. The minimum Gasteiger partial charge on any atom is -0.378 e. The van der Waals surface area contributed by atoms with Crippen LogP contribution in [0.2, 0.25) is 5.15 Å². The monoisotopic (exact) mass is 308 g/mol. The molecular weight excluding hydrogens is 288 g/mol. The summed E-state index contributed by atoms with van der Waals surface area (Å²) in [5.74, 6) is 3.63. The van der Waals surface area contributed by atoms with Crippen molar-refractivity contribution in [2.24, 2.45) is 11.8 Å². The molecule has 0 aromatic carbocycles. The van der Waals surface area contributed by atoms with Gasteiger partial charge in [0.15, 0.2) is 0 Å². The standard InChI is InChI=1S/C15H21ClN4O/c16-13-10-14(19-5-7-21-8-6-19)18-15(17-13)20-3-1-11-9-12(11)2-4-20/h10-12H,1-9H2. The van der Waals surface area contributed by atoms with Gasteiger partial charge in [0.25, 0.3) is 0 Å². The maximum absolute atomic E-state index is 6.23.